The number of anilines is 1. The number of halogens is 1. The van der Waals surface area contributed by atoms with Crippen molar-refractivity contribution in [2.75, 3.05) is 5.32 Å². The molecule has 2 aromatic rings. The van der Waals surface area contributed by atoms with E-state index in [1.54, 1.807) is 0 Å². The Morgan fingerprint density at radius 2 is 1.95 bits per heavy atom. The Morgan fingerprint density at radius 3 is 2.55 bits per heavy atom. The summed E-state index contributed by atoms with van der Waals surface area (Å²) < 4.78 is 13.8. The quantitative estimate of drug-likeness (QED) is 0.875. The lowest BCUT2D eigenvalue weighted by molar-refractivity contribution is 0.0696. The van der Waals surface area contributed by atoms with E-state index in [2.05, 4.69) is 5.32 Å². The fourth-order valence-electron chi connectivity index (χ4n) is 2.05. The van der Waals surface area contributed by atoms with Gasteiger partial charge in [0.1, 0.15) is 5.82 Å². The van der Waals surface area contributed by atoms with Gasteiger partial charge in [0.25, 0.3) is 0 Å². The number of hydrogen-bond donors (Lipinski definition) is 2. The van der Waals surface area contributed by atoms with E-state index in [1.807, 2.05) is 37.3 Å². The molecule has 1 unspecified atom stereocenters. The third kappa shape index (κ3) is 3.57. The Kier molecular flexibility index (Phi) is 4.35. The predicted octanol–water partition coefficient (Wildman–Crippen LogP) is 3.57. The average Bonchev–Trinajstić information content (AvgIpc) is 2.42. The van der Waals surface area contributed by atoms with Crippen molar-refractivity contribution in [2.45, 2.75) is 19.4 Å². The normalized spacial score (nSPS) is 11.9. The second kappa shape index (κ2) is 6.19. The maximum Gasteiger partial charge on any atom is 0.335 e. The SMILES string of the molecule is CC(Cc1ccccc1)Nc1ccc(C(=O)O)cc1F. The first kappa shape index (κ1) is 14.1. The summed E-state index contributed by atoms with van der Waals surface area (Å²) in [6.07, 6.45) is 0.765. The lowest BCUT2D eigenvalue weighted by Gasteiger charge is -2.16. The summed E-state index contributed by atoms with van der Waals surface area (Å²) in [5, 5.41) is 11.8. The van der Waals surface area contributed by atoms with E-state index in [0.717, 1.165) is 18.1 Å². The molecule has 1 atom stereocenters. The van der Waals surface area contributed by atoms with E-state index in [1.165, 1.54) is 12.1 Å². The van der Waals surface area contributed by atoms with Crippen molar-refractivity contribution >= 4 is 11.7 Å². The molecule has 4 heteroatoms. The summed E-state index contributed by atoms with van der Waals surface area (Å²) in [6.45, 7) is 1.96. The standard InChI is InChI=1S/C16H16FNO2/c1-11(9-12-5-3-2-4-6-12)18-15-8-7-13(16(19)20)10-14(15)17/h2-8,10-11,18H,9H2,1H3,(H,19,20). The van der Waals surface area contributed by atoms with Crippen molar-refractivity contribution in [3.05, 3.63) is 65.5 Å². The Bertz CT molecular complexity index is 599. The van der Waals surface area contributed by atoms with Gasteiger partial charge in [-0.25, -0.2) is 9.18 Å². The molecule has 0 fully saturated rings. The van der Waals surface area contributed by atoms with Gasteiger partial charge in [0, 0.05) is 6.04 Å². The fourth-order valence-corrected chi connectivity index (χ4v) is 2.05. The van der Waals surface area contributed by atoms with E-state index < -0.39 is 11.8 Å². The highest BCUT2D eigenvalue weighted by atomic mass is 19.1. The van der Waals surface area contributed by atoms with Crippen LogP contribution in [0.2, 0.25) is 0 Å². The topological polar surface area (TPSA) is 49.3 Å². The minimum Gasteiger partial charge on any atom is -0.478 e. The molecule has 0 aliphatic heterocycles. The number of hydrogen-bond acceptors (Lipinski definition) is 2. The van der Waals surface area contributed by atoms with Crippen molar-refractivity contribution in [1.29, 1.82) is 0 Å². The van der Waals surface area contributed by atoms with Crippen LogP contribution in [0.1, 0.15) is 22.8 Å². The van der Waals surface area contributed by atoms with Gasteiger partial charge in [-0.3, -0.25) is 0 Å². The molecular weight excluding hydrogens is 257 g/mol. The van der Waals surface area contributed by atoms with Gasteiger partial charge in [-0.05, 0) is 37.1 Å². The Balaban J connectivity index is 2.04. The maximum absolute atomic E-state index is 13.8. The minimum atomic E-state index is -1.13. The first-order valence-corrected chi connectivity index (χ1v) is 6.39. The molecule has 20 heavy (non-hydrogen) atoms. The molecule has 3 nitrogen and oxygen atoms in total. The van der Waals surface area contributed by atoms with Gasteiger partial charge >= 0.3 is 5.97 Å². The average molecular weight is 273 g/mol. The van der Waals surface area contributed by atoms with Crippen molar-refractivity contribution in [3.63, 3.8) is 0 Å². The van der Waals surface area contributed by atoms with Crippen LogP contribution in [-0.4, -0.2) is 17.1 Å². The second-order valence-electron chi connectivity index (χ2n) is 4.73. The molecule has 0 saturated heterocycles. The number of carbonyl (C=O) groups is 1. The molecule has 0 radical (unpaired) electrons. The van der Waals surface area contributed by atoms with Crippen molar-refractivity contribution in [1.82, 2.24) is 0 Å². The van der Waals surface area contributed by atoms with Crippen molar-refractivity contribution in [3.8, 4) is 0 Å². The Morgan fingerprint density at radius 1 is 1.25 bits per heavy atom. The maximum atomic E-state index is 13.8. The van der Waals surface area contributed by atoms with Crippen LogP contribution < -0.4 is 5.32 Å². The van der Waals surface area contributed by atoms with Crippen LogP contribution in [0.25, 0.3) is 0 Å². The van der Waals surface area contributed by atoms with E-state index in [-0.39, 0.29) is 11.6 Å². The van der Waals surface area contributed by atoms with E-state index in [9.17, 15) is 9.18 Å². The highest BCUT2D eigenvalue weighted by Crippen LogP contribution is 2.18. The summed E-state index contributed by atoms with van der Waals surface area (Å²) in [7, 11) is 0. The van der Waals surface area contributed by atoms with Gasteiger partial charge in [-0.2, -0.15) is 0 Å². The molecule has 0 saturated carbocycles. The van der Waals surface area contributed by atoms with Gasteiger partial charge in [0.2, 0.25) is 0 Å². The molecule has 0 aromatic heterocycles. The summed E-state index contributed by atoms with van der Waals surface area (Å²) in [5.41, 5.74) is 1.43. The van der Waals surface area contributed by atoms with E-state index >= 15 is 0 Å². The number of aromatic carboxylic acids is 1. The van der Waals surface area contributed by atoms with Crippen molar-refractivity contribution < 1.29 is 14.3 Å². The molecule has 0 aliphatic carbocycles. The molecule has 104 valence electrons. The molecule has 2 aromatic carbocycles. The summed E-state index contributed by atoms with van der Waals surface area (Å²) in [4.78, 5) is 10.7. The van der Waals surface area contributed by atoms with Crippen LogP contribution in [-0.2, 0) is 6.42 Å². The van der Waals surface area contributed by atoms with Crippen LogP contribution in [0, 0.1) is 5.82 Å². The van der Waals surface area contributed by atoms with Gasteiger partial charge in [0.15, 0.2) is 0 Å². The molecule has 0 bridgehead atoms. The predicted molar refractivity (Wildman–Crippen MR) is 76.6 cm³/mol. The lowest BCUT2D eigenvalue weighted by Crippen LogP contribution is -2.19. The van der Waals surface area contributed by atoms with E-state index in [0.29, 0.717) is 5.69 Å². The van der Waals surface area contributed by atoms with Crippen LogP contribution in [0.4, 0.5) is 10.1 Å². The summed E-state index contributed by atoms with van der Waals surface area (Å²) >= 11 is 0. The molecule has 0 aliphatic rings. The van der Waals surface area contributed by atoms with E-state index in [4.69, 9.17) is 5.11 Å². The van der Waals surface area contributed by atoms with Gasteiger partial charge in [-0.1, -0.05) is 30.3 Å². The number of carboxylic acid groups (broad SMARTS) is 1. The first-order chi connectivity index (χ1) is 9.56. The number of nitrogens with one attached hydrogen (secondary N) is 1. The molecule has 2 rings (SSSR count). The van der Waals surface area contributed by atoms with Gasteiger partial charge in [0.05, 0.1) is 11.3 Å². The molecule has 0 spiro atoms. The molecular formula is C16H16FNO2. The van der Waals surface area contributed by atoms with Crippen LogP contribution in [0.5, 0.6) is 0 Å². The van der Waals surface area contributed by atoms with Gasteiger partial charge in [-0.15, -0.1) is 0 Å². The molecule has 0 heterocycles. The third-order valence-corrected chi connectivity index (χ3v) is 3.00. The first-order valence-electron chi connectivity index (χ1n) is 6.39. The summed E-state index contributed by atoms with van der Waals surface area (Å²) in [6, 6.07) is 13.8. The number of benzene rings is 2. The van der Waals surface area contributed by atoms with Crippen LogP contribution in [0.3, 0.4) is 0 Å². The minimum absolute atomic E-state index is 0.0441. The summed E-state index contributed by atoms with van der Waals surface area (Å²) in [5.74, 6) is -1.68. The molecule has 2 N–H and O–H groups in total. The lowest BCUT2D eigenvalue weighted by atomic mass is 10.1. The number of carboxylic acids is 1. The van der Waals surface area contributed by atoms with Gasteiger partial charge < -0.3 is 10.4 Å². The van der Waals surface area contributed by atoms with Crippen molar-refractivity contribution in [2.24, 2.45) is 0 Å². The zero-order valence-electron chi connectivity index (χ0n) is 11.1. The fraction of sp³-hybridized carbons (Fsp3) is 0.188. The zero-order valence-corrected chi connectivity index (χ0v) is 11.1. The zero-order chi connectivity index (χ0) is 14.5. The smallest absolute Gasteiger partial charge is 0.335 e. The highest BCUT2D eigenvalue weighted by Gasteiger charge is 2.10. The Labute approximate surface area is 117 Å². The Hall–Kier alpha value is -2.36. The van der Waals surface area contributed by atoms with Crippen LogP contribution >= 0.6 is 0 Å². The second-order valence-corrected chi connectivity index (χ2v) is 4.73. The largest absolute Gasteiger partial charge is 0.478 e. The number of rotatable bonds is 5. The molecule has 0 amide bonds. The third-order valence-electron chi connectivity index (χ3n) is 3.00. The highest BCUT2D eigenvalue weighted by molar-refractivity contribution is 5.88. The van der Waals surface area contributed by atoms with Crippen LogP contribution in [0.15, 0.2) is 48.5 Å². The monoisotopic (exact) mass is 273 g/mol.